The first-order chi connectivity index (χ1) is 10.3. The number of piperidine rings is 1. The Morgan fingerprint density at radius 3 is 2.73 bits per heavy atom. The first kappa shape index (κ1) is 17.1. The SMILES string of the molecule is COc1ccc(Cl)cc1S(=O)(=O)N1CCC[C@H](C(=O)O)[C@@H]1C. The van der Waals surface area contributed by atoms with Crippen LogP contribution in [0.1, 0.15) is 19.8 Å². The Kier molecular flexibility index (Phi) is 4.99. The van der Waals surface area contributed by atoms with E-state index in [0.717, 1.165) is 0 Å². The largest absolute Gasteiger partial charge is 0.495 e. The predicted octanol–water partition coefficient (Wildman–Crippen LogP) is 2.22. The molecule has 0 saturated carbocycles. The van der Waals surface area contributed by atoms with Crippen molar-refractivity contribution >= 4 is 27.6 Å². The van der Waals surface area contributed by atoms with Gasteiger partial charge in [0.15, 0.2) is 0 Å². The molecule has 2 atom stereocenters. The molecule has 1 aliphatic heterocycles. The molecule has 2 rings (SSSR count). The summed E-state index contributed by atoms with van der Waals surface area (Å²) in [5.41, 5.74) is 0. The molecule has 0 bridgehead atoms. The number of carbonyl (C=O) groups is 1. The van der Waals surface area contributed by atoms with Crippen LogP contribution in [-0.2, 0) is 14.8 Å². The maximum atomic E-state index is 12.9. The molecular weight excluding hydrogens is 330 g/mol. The molecule has 0 amide bonds. The van der Waals surface area contributed by atoms with Gasteiger partial charge in [-0.05, 0) is 38.0 Å². The molecule has 1 aromatic carbocycles. The molecule has 0 aromatic heterocycles. The van der Waals surface area contributed by atoms with Crippen molar-refractivity contribution in [2.24, 2.45) is 5.92 Å². The highest BCUT2D eigenvalue weighted by atomic mass is 35.5. The number of methoxy groups -OCH3 is 1. The summed E-state index contributed by atoms with van der Waals surface area (Å²) in [5.74, 6) is -1.51. The van der Waals surface area contributed by atoms with E-state index in [2.05, 4.69) is 0 Å². The molecule has 8 heteroatoms. The number of benzene rings is 1. The number of hydrogen-bond acceptors (Lipinski definition) is 4. The molecule has 1 heterocycles. The summed E-state index contributed by atoms with van der Waals surface area (Å²) in [4.78, 5) is 11.2. The number of carboxylic acid groups (broad SMARTS) is 1. The van der Waals surface area contributed by atoms with Crippen LogP contribution in [0, 0.1) is 5.92 Å². The second-order valence-corrected chi connectivity index (χ2v) is 7.53. The fourth-order valence-electron chi connectivity index (χ4n) is 2.76. The smallest absolute Gasteiger partial charge is 0.308 e. The van der Waals surface area contributed by atoms with E-state index < -0.39 is 28.0 Å². The quantitative estimate of drug-likeness (QED) is 0.902. The maximum absolute atomic E-state index is 12.9. The highest BCUT2D eigenvalue weighted by Gasteiger charge is 2.40. The fraction of sp³-hybridized carbons (Fsp3) is 0.500. The van der Waals surface area contributed by atoms with Crippen LogP contribution in [0.2, 0.25) is 5.02 Å². The van der Waals surface area contributed by atoms with Gasteiger partial charge in [-0.25, -0.2) is 8.42 Å². The van der Waals surface area contributed by atoms with Crippen molar-refractivity contribution in [2.45, 2.75) is 30.7 Å². The van der Waals surface area contributed by atoms with Gasteiger partial charge in [0.2, 0.25) is 10.0 Å². The first-order valence-electron chi connectivity index (χ1n) is 6.87. The molecule has 22 heavy (non-hydrogen) atoms. The number of nitrogens with zero attached hydrogens (tertiary/aromatic N) is 1. The van der Waals surface area contributed by atoms with Gasteiger partial charge in [0.25, 0.3) is 0 Å². The molecule has 1 fully saturated rings. The second-order valence-electron chi connectivity index (χ2n) is 5.24. The van der Waals surface area contributed by atoms with Crippen LogP contribution in [0.4, 0.5) is 0 Å². The molecule has 122 valence electrons. The Labute approximate surface area is 134 Å². The van der Waals surface area contributed by atoms with Crippen LogP contribution < -0.4 is 4.74 Å². The molecule has 0 radical (unpaired) electrons. The molecule has 1 aliphatic rings. The van der Waals surface area contributed by atoms with Crippen LogP contribution in [-0.4, -0.2) is 43.5 Å². The average molecular weight is 348 g/mol. The van der Waals surface area contributed by atoms with Crippen LogP contribution in [0.15, 0.2) is 23.1 Å². The van der Waals surface area contributed by atoms with Crippen LogP contribution in [0.5, 0.6) is 5.75 Å². The van der Waals surface area contributed by atoms with E-state index in [-0.39, 0.29) is 22.2 Å². The zero-order valence-electron chi connectivity index (χ0n) is 12.3. The summed E-state index contributed by atoms with van der Waals surface area (Å²) in [6.07, 6.45) is 0.971. The van der Waals surface area contributed by atoms with Gasteiger partial charge in [0.1, 0.15) is 10.6 Å². The molecule has 1 saturated heterocycles. The van der Waals surface area contributed by atoms with Crippen molar-refractivity contribution in [3.8, 4) is 5.75 Å². The van der Waals surface area contributed by atoms with E-state index in [9.17, 15) is 18.3 Å². The topological polar surface area (TPSA) is 83.9 Å². The van der Waals surface area contributed by atoms with Crippen molar-refractivity contribution < 1.29 is 23.1 Å². The molecule has 0 aliphatic carbocycles. The van der Waals surface area contributed by atoms with Crippen LogP contribution in [0.25, 0.3) is 0 Å². The maximum Gasteiger partial charge on any atom is 0.308 e. The van der Waals surface area contributed by atoms with Gasteiger partial charge in [-0.15, -0.1) is 0 Å². The summed E-state index contributed by atoms with van der Waals surface area (Å²) >= 11 is 5.90. The third-order valence-corrected chi connectivity index (χ3v) is 6.20. The van der Waals surface area contributed by atoms with Crippen LogP contribution >= 0.6 is 11.6 Å². The summed E-state index contributed by atoms with van der Waals surface area (Å²) < 4.78 is 32.1. The zero-order chi connectivity index (χ0) is 16.5. The highest BCUT2D eigenvalue weighted by molar-refractivity contribution is 7.89. The number of halogens is 1. The standard InChI is InChI=1S/C14H18ClNO5S/c1-9-11(14(17)18)4-3-7-16(9)22(19,20)13-8-10(15)5-6-12(13)21-2/h5-6,8-9,11H,3-4,7H2,1-2H3,(H,17,18)/t9-,11-/m0/s1. The van der Waals surface area contributed by atoms with E-state index in [4.69, 9.17) is 16.3 Å². The lowest BCUT2D eigenvalue weighted by Crippen LogP contribution is -2.49. The molecular formula is C14H18ClNO5S. The summed E-state index contributed by atoms with van der Waals surface area (Å²) in [6, 6.07) is 3.73. The van der Waals surface area contributed by atoms with Crippen molar-refractivity contribution in [3.05, 3.63) is 23.2 Å². The first-order valence-corrected chi connectivity index (χ1v) is 8.69. The van der Waals surface area contributed by atoms with Crippen molar-refractivity contribution in [3.63, 3.8) is 0 Å². The van der Waals surface area contributed by atoms with Gasteiger partial charge < -0.3 is 9.84 Å². The normalized spacial score (nSPS) is 23.2. The predicted molar refractivity (Wildman–Crippen MR) is 81.7 cm³/mol. The van der Waals surface area contributed by atoms with E-state index in [1.54, 1.807) is 13.0 Å². The van der Waals surface area contributed by atoms with E-state index in [1.807, 2.05) is 0 Å². The van der Waals surface area contributed by atoms with Gasteiger partial charge in [0.05, 0.1) is 13.0 Å². The van der Waals surface area contributed by atoms with Gasteiger partial charge in [-0.1, -0.05) is 11.6 Å². The van der Waals surface area contributed by atoms with E-state index in [1.165, 1.54) is 23.5 Å². The average Bonchev–Trinajstić information content (AvgIpc) is 2.46. The minimum atomic E-state index is -3.88. The lowest BCUT2D eigenvalue weighted by Gasteiger charge is -2.36. The van der Waals surface area contributed by atoms with Crippen molar-refractivity contribution in [1.29, 1.82) is 0 Å². The van der Waals surface area contributed by atoms with Gasteiger partial charge in [-0.2, -0.15) is 4.31 Å². The van der Waals surface area contributed by atoms with Crippen LogP contribution in [0.3, 0.4) is 0 Å². The monoisotopic (exact) mass is 347 g/mol. The number of carboxylic acids is 1. The minimum absolute atomic E-state index is 0.0413. The van der Waals surface area contributed by atoms with Gasteiger partial charge in [0, 0.05) is 17.6 Å². The highest BCUT2D eigenvalue weighted by Crippen LogP contribution is 2.34. The molecule has 1 aromatic rings. The third kappa shape index (κ3) is 3.06. The number of ether oxygens (including phenoxy) is 1. The fourth-order valence-corrected chi connectivity index (χ4v) is 4.89. The summed E-state index contributed by atoms with van der Waals surface area (Å²) in [5, 5.41) is 9.52. The number of hydrogen-bond donors (Lipinski definition) is 1. The Hall–Kier alpha value is -1.31. The number of aliphatic carboxylic acids is 1. The molecule has 0 spiro atoms. The number of rotatable bonds is 4. The third-order valence-electron chi connectivity index (χ3n) is 3.96. The molecule has 6 nitrogen and oxygen atoms in total. The summed E-state index contributed by atoms with van der Waals surface area (Å²) in [7, 11) is -2.51. The molecule has 1 N–H and O–H groups in total. The number of sulfonamides is 1. The van der Waals surface area contributed by atoms with Crippen molar-refractivity contribution in [2.75, 3.05) is 13.7 Å². The van der Waals surface area contributed by atoms with Gasteiger partial charge >= 0.3 is 5.97 Å². The van der Waals surface area contributed by atoms with E-state index in [0.29, 0.717) is 12.8 Å². The Bertz CT molecular complexity index is 676. The summed E-state index contributed by atoms with van der Waals surface area (Å²) in [6.45, 7) is 1.90. The van der Waals surface area contributed by atoms with Gasteiger partial charge in [-0.3, -0.25) is 4.79 Å². The molecule has 0 unspecified atom stereocenters. The lowest BCUT2D eigenvalue weighted by molar-refractivity contribution is -0.144. The Morgan fingerprint density at radius 2 is 2.14 bits per heavy atom. The lowest BCUT2D eigenvalue weighted by atomic mass is 9.92. The van der Waals surface area contributed by atoms with E-state index >= 15 is 0 Å². The Morgan fingerprint density at radius 1 is 1.45 bits per heavy atom. The second kappa shape index (κ2) is 6.44. The van der Waals surface area contributed by atoms with Crippen molar-refractivity contribution in [1.82, 2.24) is 4.31 Å². The Balaban J connectivity index is 2.46. The minimum Gasteiger partial charge on any atom is -0.495 e. The zero-order valence-corrected chi connectivity index (χ0v) is 13.9.